The number of hydrogen-bond acceptors (Lipinski definition) is 3. The lowest BCUT2D eigenvalue weighted by molar-refractivity contribution is 0.105. The van der Waals surface area contributed by atoms with E-state index in [0.29, 0.717) is 18.2 Å². The maximum absolute atomic E-state index is 5.86. The van der Waals surface area contributed by atoms with Crippen LogP contribution in [0.4, 0.5) is 0 Å². The first-order chi connectivity index (χ1) is 7.76. The molecule has 0 heterocycles. The van der Waals surface area contributed by atoms with E-state index in [2.05, 4.69) is 5.32 Å². The fourth-order valence-electron chi connectivity index (χ4n) is 1.23. The lowest BCUT2D eigenvalue weighted by Crippen LogP contribution is -2.36. The zero-order chi connectivity index (χ0) is 11.8. The fourth-order valence-corrected chi connectivity index (χ4v) is 1.41. The van der Waals surface area contributed by atoms with Crippen LogP contribution in [0.2, 0.25) is 5.02 Å². The van der Waals surface area contributed by atoms with Gasteiger partial charge in [-0.05, 0) is 32.2 Å². The number of nitrogens with one attached hydrogen (secondary N) is 1. The second-order valence-corrected chi connectivity index (χ2v) is 3.85. The van der Waals surface area contributed by atoms with Crippen LogP contribution in [0.1, 0.15) is 6.92 Å². The number of ether oxygens (including phenoxy) is 2. The predicted molar refractivity (Wildman–Crippen MR) is 66.3 cm³/mol. The molecule has 4 heteroatoms. The van der Waals surface area contributed by atoms with Crippen molar-refractivity contribution >= 4 is 11.6 Å². The molecular formula is C12H18ClNO2. The Morgan fingerprint density at radius 2 is 2.19 bits per heavy atom. The molecule has 0 amide bonds. The Morgan fingerprint density at radius 1 is 1.38 bits per heavy atom. The van der Waals surface area contributed by atoms with Gasteiger partial charge in [-0.3, -0.25) is 0 Å². The Balaban J connectivity index is 2.37. The molecular weight excluding hydrogens is 226 g/mol. The highest BCUT2D eigenvalue weighted by atomic mass is 35.5. The van der Waals surface area contributed by atoms with Crippen molar-refractivity contribution < 1.29 is 9.47 Å². The number of rotatable bonds is 7. The van der Waals surface area contributed by atoms with Crippen molar-refractivity contribution in [3.63, 3.8) is 0 Å². The maximum atomic E-state index is 5.86. The van der Waals surface area contributed by atoms with Crippen LogP contribution in [-0.2, 0) is 4.74 Å². The van der Waals surface area contributed by atoms with Crippen LogP contribution < -0.4 is 10.1 Å². The van der Waals surface area contributed by atoms with Gasteiger partial charge in [0.15, 0.2) is 0 Å². The summed E-state index contributed by atoms with van der Waals surface area (Å²) in [5.41, 5.74) is 0. The van der Waals surface area contributed by atoms with Crippen LogP contribution in [0.15, 0.2) is 24.3 Å². The average Bonchev–Trinajstić information content (AvgIpc) is 2.29. The van der Waals surface area contributed by atoms with E-state index in [1.54, 1.807) is 6.07 Å². The lowest BCUT2D eigenvalue weighted by atomic mass is 10.3. The summed E-state index contributed by atoms with van der Waals surface area (Å²) in [6.07, 6.45) is 0. The highest BCUT2D eigenvalue weighted by molar-refractivity contribution is 6.30. The Morgan fingerprint density at radius 3 is 2.81 bits per heavy atom. The van der Waals surface area contributed by atoms with Crippen LogP contribution in [0.5, 0.6) is 5.75 Å². The van der Waals surface area contributed by atoms with Gasteiger partial charge in [0.05, 0.1) is 12.6 Å². The molecule has 1 N–H and O–H groups in total. The maximum Gasteiger partial charge on any atom is 0.120 e. The minimum atomic E-state index is 0.193. The van der Waals surface area contributed by atoms with Gasteiger partial charge in [-0.2, -0.15) is 0 Å². The highest BCUT2D eigenvalue weighted by Crippen LogP contribution is 2.17. The molecule has 0 aliphatic heterocycles. The molecule has 0 radical (unpaired) electrons. The molecule has 1 aromatic rings. The summed E-state index contributed by atoms with van der Waals surface area (Å²) < 4.78 is 10.9. The van der Waals surface area contributed by atoms with Gasteiger partial charge >= 0.3 is 0 Å². The summed E-state index contributed by atoms with van der Waals surface area (Å²) in [5, 5.41) is 3.82. The van der Waals surface area contributed by atoms with E-state index in [0.717, 1.165) is 12.4 Å². The van der Waals surface area contributed by atoms with E-state index in [4.69, 9.17) is 21.1 Å². The molecule has 1 atom stereocenters. The predicted octanol–water partition coefficient (Wildman–Crippen LogP) is 2.34. The largest absolute Gasteiger partial charge is 0.492 e. The average molecular weight is 244 g/mol. The standard InChI is InChI=1S/C12H18ClNO2/c1-3-15-8-11(14-2)9-16-12-6-4-5-10(13)7-12/h4-7,11,14H,3,8-9H2,1-2H3. The van der Waals surface area contributed by atoms with Crippen molar-refractivity contribution in [2.45, 2.75) is 13.0 Å². The third-order valence-electron chi connectivity index (χ3n) is 2.18. The normalized spacial score (nSPS) is 12.4. The van der Waals surface area contributed by atoms with E-state index in [1.165, 1.54) is 0 Å². The topological polar surface area (TPSA) is 30.5 Å². The molecule has 1 unspecified atom stereocenters. The molecule has 1 rings (SSSR count). The van der Waals surface area contributed by atoms with E-state index < -0.39 is 0 Å². The van der Waals surface area contributed by atoms with Crippen molar-refractivity contribution in [3.05, 3.63) is 29.3 Å². The number of benzene rings is 1. The van der Waals surface area contributed by atoms with Crippen LogP contribution in [-0.4, -0.2) is 32.9 Å². The summed E-state index contributed by atoms with van der Waals surface area (Å²) in [5.74, 6) is 0.782. The van der Waals surface area contributed by atoms with Gasteiger partial charge in [0, 0.05) is 11.6 Å². The van der Waals surface area contributed by atoms with Crippen LogP contribution >= 0.6 is 11.6 Å². The first-order valence-corrected chi connectivity index (χ1v) is 5.77. The van der Waals surface area contributed by atoms with Crippen LogP contribution in [0.25, 0.3) is 0 Å². The Hall–Kier alpha value is -0.770. The summed E-state index contributed by atoms with van der Waals surface area (Å²) in [7, 11) is 1.89. The molecule has 0 saturated heterocycles. The fraction of sp³-hybridized carbons (Fsp3) is 0.500. The Labute approximate surface area is 102 Å². The minimum absolute atomic E-state index is 0.193. The lowest BCUT2D eigenvalue weighted by Gasteiger charge is -2.16. The van der Waals surface area contributed by atoms with Crippen molar-refractivity contribution in [3.8, 4) is 5.75 Å². The zero-order valence-electron chi connectivity index (χ0n) is 9.70. The monoisotopic (exact) mass is 243 g/mol. The summed E-state index contributed by atoms with van der Waals surface area (Å²) >= 11 is 5.86. The van der Waals surface area contributed by atoms with Crippen molar-refractivity contribution in [1.29, 1.82) is 0 Å². The van der Waals surface area contributed by atoms with Crippen molar-refractivity contribution in [2.75, 3.05) is 26.9 Å². The first-order valence-electron chi connectivity index (χ1n) is 5.39. The second-order valence-electron chi connectivity index (χ2n) is 3.41. The molecule has 0 saturated carbocycles. The van der Waals surface area contributed by atoms with Crippen LogP contribution in [0.3, 0.4) is 0 Å². The number of likely N-dealkylation sites (N-methyl/N-ethyl adjacent to an activating group) is 1. The number of hydrogen-bond donors (Lipinski definition) is 1. The molecule has 0 aliphatic rings. The van der Waals surface area contributed by atoms with Gasteiger partial charge < -0.3 is 14.8 Å². The zero-order valence-corrected chi connectivity index (χ0v) is 10.5. The molecule has 0 fully saturated rings. The van der Waals surface area contributed by atoms with Crippen molar-refractivity contribution in [2.24, 2.45) is 0 Å². The second kappa shape index (κ2) is 7.49. The van der Waals surface area contributed by atoms with E-state index in [1.807, 2.05) is 32.2 Å². The van der Waals surface area contributed by atoms with Gasteiger partial charge in [-0.25, -0.2) is 0 Å². The molecule has 16 heavy (non-hydrogen) atoms. The number of halogens is 1. The third-order valence-corrected chi connectivity index (χ3v) is 2.41. The van der Waals surface area contributed by atoms with E-state index in [9.17, 15) is 0 Å². The quantitative estimate of drug-likeness (QED) is 0.798. The smallest absolute Gasteiger partial charge is 0.120 e. The molecule has 0 bridgehead atoms. The Kier molecular flexibility index (Phi) is 6.23. The van der Waals surface area contributed by atoms with E-state index in [-0.39, 0.29) is 6.04 Å². The minimum Gasteiger partial charge on any atom is -0.492 e. The molecule has 3 nitrogen and oxygen atoms in total. The van der Waals surface area contributed by atoms with Gasteiger partial charge in [-0.1, -0.05) is 17.7 Å². The Bertz CT molecular complexity index is 307. The molecule has 1 aromatic carbocycles. The molecule has 0 aromatic heterocycles. The van der Waals surface area contributed by atoms with Crippen molar-refractivity contribution in [1.82, 2.24) is 5.32 Å². The first kappa shape index (κ1) is 13.3. The SMILES string of the molecule is CCOCC(COc1cccc(Cl)c1)NC. The van der Waals surface area contributed by atoms with Gasteiger partial charge in [0.2, 0.25) is 0 Å². The molecule has 0 spiro atoms. The summed E-state index contributed by atoms with van der Waals surface area (Å²) in [4.78, 5) is 0. The molecule has 0 aliphatic carbocycles. The molecule has 90 valence electrons. The summed E-state index contributed by atoms with van der Waals surface area (Å²) in [6.45, 7) is 3.91. The van der Waals surface area contributed by atoms with E-state index >= 15 is 0 Å². The van der Waals surface area contributed by atoms with Gasteiger partial charge in [0.25, 0.3) is 0 Å². The third kappa shape index (κ3) is 4.84. The van der Waals surface area contributed by atoms with Crippen LogP contribution in [0, 0.1) is 0 Å². The highest BCUT2D eigenvalue weighted by Gasteiger charge is 2.06. The summed E-state index contributed by atoms with van der Waals surface area (Å²) in [6, 6.07) is 7.58. The van der Waals surface area contributed by atoms with Gasteiger partial charge in [0.1, 0.15) is 12.4 Å². The van der Waals surface area contributed by atoms with Gasteiger partial charge in [-0.15, -0.1) is 0 Å².